The number of nitrogens with one attached hydrogen (secondary N) is 1. The fourth-order valence-electron chi connectivity index (χ4n) is 3.05. The van der Waals surface area contributed by atoms with Crippen molar-refractivity contribution in [3.05, 3.63) is 35.4 Å². The van der Waals surface area contributed by atoms with Crippen molar-refractivity contribution in [2.45, 2.75) is 33.0 Å². The van der Waals surface area contributed by atoms with Crippen LogP contribution in [0.3, 0.4) is 0 Å². The van der Waals surface area contributed by atoms with Crippen molar-refractivity contribution in [1.29, 1.82) is 0 Å². The first kappa shape index (κ1) is 16.3. The maximum absolute atomic E-state index is 12.7. The first-order valence-corrected chi connectivity index (χ1v) is 7.31. The molecular weight excluding hydrogens is 277 g/mol. The molecule has 5 heteroatoms. The number of benzene rings is 1. The predicted molar refractivity (Wildman–Crippen MR) is 78.1 cm³/mol. The average Bonchev–Trinajstić information content (AvgIpc) is 2.38. The lowest BCUT2D eigenvalue weighted by Gasteiger charge is -2.42. The normalized spacial score (nSPS) is 19.5. The zero-order valence-electron chi connectivity index (χ0n) is 12.8. The Bertz CT molecular complexity index is 454. The van der Waals surface area contributed by atoms with Crippen LogP contribution in [0.25, 0.3) is 0 Å². The maximum Gasteiger partial charge on any atom is 0.416 e. The van der Waals surface area contributed by atoms with Crippen molar-refractivity contribution in [2.75, 3.05) is 26.2 Å². The summed E-state index contributed by atoms with van der Waals surface area (Å²) in [5.41, 5.74) is 0.341. The molecular formula is C16H23F3N2. The number of nitrogens with zero attached hydrogens (tertiary/aromatic N) is 1. The summed E-state index contributed by atoms with van der Waals surface area (Å²) in [6, 6.07) is 5.76. The van der Waals surface area contributed by atoms with Gasteiger partial charge in [-0.25, -0.2) is 0 Å². The van der Waals surface area contributed by atoms with Gasteiger partial charge in [0.25, 0.3) is 0 Å². The van der Waals surface area contributed by atoms with Gasteiger partial charge in [-0.3, -0.25) is 4.90 Å². The van der Waals surface area contributed by atoms with Crippen LogP contribution in [0, 0.1) is 5.41 Å². The van der Waals surface area contributed by atoms with E-state index in [1.807, 2.05) is 0 Å². The third-order valence-corrected chi connectivity index (χ3v) is 3.89. The fourth-order valence-corrected chi connectivity index (χ4v) is 3.05. The lowest BCUT2D eigenvalue weighted by molar-refractivity contribution is -0.137. The lowest BCUT2D eigenvalue weighted by Crippen LogP contribution is -2.48. The third-order valence-electron chi connectivity index (χ3n) is 3.89. The Morgan fingerprint density at radius 1 is 1.00 bits per heavy atom. The van der Waals surface area contributed by atoms with Gasteiger partial charge in [0.1, 0.15) is 0 Å². The van der Waals surface area contributed by atoms with Crippen LogP contribution in [0.2, 0.25) is 0 Å². The molecule has 0 unspecified atom stereocenters. The van der Waals surface area contributed by atoms with Crippen molar-refractivity contribution in [1.82, 2.24) is 10.2 Å². The van der Waals surface area contributed by atoms with E-state index in [4.69, 9.17) is 0 Å². The molecule has 0 aromatic heterocycles. The Morgan fingerprint density at radius 2 is 1.52 bits per heavy atom. The number of piperazine rings is 1. The van der Waals surface area contributed by atoms with Crippen molar-refractivity contribution in [3.63, 3.8) is 0 Å². The largest absolute Gasteiger partial charge is 0.416 e. The monoisotopic (exact) mass is 300 g/mol. The van der Waals surface area contributed by atoms with Gasteiger partial charge in [0, 0.05) is 32.2 Å². The second kappa shape index (κ2) is 5.97. The van der Waals surface area contributed by atoms with Gasteiger partial charge in [-0.05, 0) is 23.1 Å². The minimum Gasteiger partial charge on any atom is -0.314 e. The lowest BCUT2D eigenvalue weighted by atomic mass is 9.80. The zero-order valence-corrected chi connectivity index (χ0v) is 12.8. The highest BCUT2D eigenvalue weighted by atomic mass is 19.4. The molecule has 0 radical (unpaired) electrons. The van der Waals surface area contributed by atoms with Gasteiger partial charge in [0.15, 0.2) is 0 Å². The topological polar surface area (TPSA) is 15.3 Å². The molecule has 1 atom stereocenters. The van der Waals surface area contributed by atoms with E-state index in [1.54, 1.807) is 12.1 Å². The van der Waals surface area contributed by atoms with Gasteiger partial charge in [-0.15, -0.1) is 0 Å². The number of alkyl halides is 3. The van der Waals surface area contributed by atoms with E-state index in [0.29, 0.717) is 0 Å². The molecule has 0 amide bonds. The Labute approximate surface area is 124 Å². The van der Waals surface area contributed by atoms with Gasteiger partial charge >= 0.3 is 6.18 Å². The van der Waals surface area contributed by atoms with Crippen molar-refractivity contribution in [3.8, 4) is 0 Å². The molecule has 1 aromatic rings. The summed E-state index contributed by atoms with van der Waals surface area (Å²) in [5, 5.41) is 3.31. The second-order valence-corrected chi connectivity index (χ2v) is 6.67. The molecule has 21 heavy (non-hydrogen) atoms. The van der Waals surface area contributed by atoms with Gasteiger partial charge in [-0.2, -0.15) is 13.2 Å². The molecule has 0 saturated carbocycles. The molecule has 118 valence electrons. The molecule has 1 saturated heterocycles. The molecule has 0 aliphatic carbocycles. The summed E-state index contributed by atoms with van der Waals surface area (Å²) in [7, 11) is 0. The summed E-state index contributed by atoms with van der Waals surface area (Å²) in [6.07, 6.45) is -4.27. The first-order chi connectivity index (χ1) is 9.69. The summed E-state index contributed by atoms with van der Waals surface area (Å²) < 4.78 is 38.1. The Balaban J connectivity index is 2.29. The minimum atomic E-state index is -4.27. The highest BCUT2D eigenvalue weighted by Gasteiger charge is 2.34. The summed E-state index contributed by atoms with van der Waals surface area (Å²) in [6.45, 7) is 10.1. The summed E-state index contributed by atoms with van der Waals surface area (Å²) >= 11 is 0. The quantitative estimate of drug-likeness (QED) is 0.896. The van der Waals surface area contributed by atoms with Crippen molar-refractivity contribution in [2.24, 2.45) is 5.41 Å². The molecule has 1 fully saturated rings. The highest BCUT2D eigenvalue weighted by molar-refractivity contribution is 5.28. The van der Waals surface area contributed by atoms with Crippen LogP contribution in [0.4, 0.5) is 13.2 Å². The molecule has 1 heterocycles. The van der Waals surface area contributed by atoms with Gasteiger partial charge < -0.3 is 5.32 Å². The van der Waals surface area contributed by atoms with Crippen LogP contribution in [0.5, 0.6) is 0 Å². The average molecular weight is 300 g/mol. The Kier molecular flexibility index (Phi) is 4.63. The van der Waals surface area contributed by atoms with Gasteiger partial charge in [-0.1, -0.05) is 32.9 Å². The molecule has 1 aromatic carbocycles. The summed E-state index contributed by atoms with van der Waals surface area (Å²) in [4.78, 5) is 2.36. The van der Waals surface area contributed by atoms with Crippen molar-refractivity contribution >= 4 is 0 Å². The van der Waals surface area contributed by atoms with Crippen LogP contribution in [0.15, 0.2) is 24.3 Å². The summed E-state index contributed by atoms with van der Waals surface area (Å²) in [5.74, 6) is 0. The van der Waals surface area contributed by atoms with Gasteiger partial charge in [0.05, 0.1) is 5.56 Å². The van der Waals surface area contributed by atoms with Crippen LogP contribution in [0.1, 0.15) is 37.9 Å². The molecule has 2 rings (SSSR count). The predicted octanol–water partition coefficient (Wildman–Crippen LogP) is 3.70. The van der Waals surface area contributed by atoms with E-state index in [1.165, 1.54) is 12.1 Å². The van der Waals surface area contributed by atoms with Crippen LogP contribution in [-0.2, 0) is 6.18 Å². The molecule has 1 aliphatic rings. The third kappa shape index (κ3) is 3.98. The fraction of sp³-hybridized carbons (Fsp3) is 0.625. The molecule has 1 aliphatic heterocycles. The van der Waals surface area contributed by atoms with Gasteiger partial charge in [0.2, 0.25) is 0 Å². The minimum absolute atomic E-state index is 0.0307. The molecule has 0 bridgehead atoms. The Morgan fingerprint density at radius 3 is 1.95 bits per heavy atom. The van der Waals surface area contributed by atoms with E-state index >= 15 is 0 Å². The molecule has 2 nitrogen and oxygen atoms in total. The smallest absolute Gasteiger partial charge is 0.314 e. The van der Waals surface area contributed by atoms with Crippen molar-refractivity contribution < 1.29 is 13.2 Å². The standard InChI is InChI=1S/C16H23F3N2/c1-15(2,3)14(21-10-8-20-9-11-21)12-4-6-13(7-5-12)16(17,18)19/h4-7,14,20H,8-11H2,1-3H3/t14-/m0/s1. The number of halogens is 3. The van der Waals surface area contributed by atoms with Crippen LogP contribution < -0.4 is 5.32 Å². The van der Waals surface area contributed by atoms with E-state index in [9.17, 15) is 13.2 Å². The van der Waals surface area contributed by atoms with E-state index in [2.05, 4.69) is 31.0 Å². The number of hydrogen-bond donors (Lipinski definition) is 1. The Hall–Kier alpha value is -1.07. The number of rotatable bonds is 2. The van der Waals surface area contributed by atoms with Crippen LogP contribution in [-0.4, -0.2) is 31.1 Å². The highest BCUT2D eigenvalue weighted by Crippen LogP contribution is 2.39. The molecule has 0 spiro atoms. The second-order valence-electron chi connectivity index (χ2n) is 6.67. The number of hydrogen-bond acceptors (Lipinski definition) is 2. The van der Waals surface area contributed by atoms with E-state index in [-0.39, 0.29) is 11.5 Å². The van der Waals surface area contributed by atoms with E-state index < -0.39 is 11.7 Å². The van der Waals surface area contributed by atoms with E-state index in [0.717, 1.165) is 31.7 Å². The first-order valence-electron chi connectivity index (χ1n) is 7.31. The molecule has 1 N–H and O–H groups in total. The maximum atomic E-state index is 12.7. The zero-order chi connectivity index (χ0) is 15.7. The van der Waals surface area contributed by atoms with Crippen LogP contribution >= 0.6 is 0 Å². The SMILES string of the molecule is CC(C)(C)[C@H](c1ccc(C(F)(F)F)cc1)N1CCNCC1.